The van der Waals surface area contributed by atoms with E-state index in [1.165, 1.54) is 24.3 Å². The molecule has 0 fully saturated rings. The predicted molar refractivity (Wildman–Crippen MR) is 91.6 cm³/mol. The van der Waals surface area contributed by atoms with E-state index in [-0.39, 0.29) is 11.4 Å². The number of carbonyl (C=O) groups is 3. The van der Waals surface area contributed by atoms with Crippen molar-refractivity contribution in [1.29, 1.82) is 0 Å². The predicted octanol–water partition coefficient (Wildman–Crippen LogP) is 0.978. The van der Waals surface area contributed by atoms with Crippen LogP contribution in [0.25, 0.3) is 0 Å². The summed E-state index contributed by atoms with van der Waals surface area (Å²) in [7, 11) is 0. The Hall–Kier alpha value is -3.95. The van der Waals surface area contributed by atoms with Gasteiger partial charge < -0.3 is 9.47 Å². The zero-order valence-electron chi connectivity index (χ0n) is 13.9. The number of nitrogens with zero attached hydrogens (tertiary/aromatic N) is 1. The van der Waals surface area contributed by atoms with E-state index < -0.39 is 35.9 Å². The molecule has 2 amide bonds. The number of para-hydroxylation sites is 2. The van der Waals surface area contributed by atoms with Crippen LogP contribution in [0.15, 0.2) is 54.6 Å². The summed E-state index contributed by atoms with van der Waals surface area (Å²) >= 11 is 0. The highest BCUT2D eigenvalue weighted by Gasteiger charge is 2.16. The largest absolute Gasteiger partial charge is 0.475 e. The van der Waals surface area contributed by atoms with E-state index in [0.29, 0.717) is 5.56 Å². The Balaban J connectivity index is 1.72. The van der Waals surface area contributed by atoms with Gasteiger partial charge in [0.15, 0.2) is 19.0 Å². The van der Waals surface area contributed by atoms with Crippen molar-refractivity contribution < 1.29 is 28.8 Å². The molecule has 0 bridgehead atoms. The van der Waals surface area contributed by atoms with Gasteiger partial charge in [-0.2, -0.15) is 0 Å². The summed E-state index contributed by atoms with van der Waals surface area (Å²) in [6.45, 7) is -1.28. The van der Waals surface area contributed by atoms with Gasteiger partial charge in [0, 0.05) is 11.6 Å². The molecule has 10 nitrogen and oxygen atoms in total. The topological polar surface area (TPSA) is 137 Å². The van der Waals surface area contributed by atoms with Crippen LogP contribution in [-0.2, 0) is 14.3 Å². The Morgan fingerprint density at radius 1 is 0.926 bits per heavy atom. The van der Waals surface area contributed by atoms with Crippen LogP contribution >= 0.6 is 0 Å². The first-order valence-electron chi connectivity index (χ1n) is 7.63. The van der Waals surface area contributed by atoms with Crippen LogP contribution in [0.4, 0.5) is 5.69 Å². The standard InChI is InChI=1S/C17H15N3O7/c21-15(18-19-17(23)12-6-2-1-3-7-12)10-27-16(22)11-26-14-9-5-4-8-13(14)20(24)25/h1-9H,10-11H2,(H,18,21)(H,19,23). The third-order valence-corrected chi connectivity index (χ3v) is 3.12. The van der Waals surface area contributed by atoms with E-state index in [2.05, 4.69) is 15.6 Å². The molecule has 0 atom stereocenters. The number of benzene rings is 2. The Morgan fingerprint density at radius 2 is 1.59 bits per heavy atom. The van der Waals surface area contributed by atoms with Crippen LogP contribution in [0.5, 0.6) is 5.75 Å². The minimum atomic E-state index is -0.905. The first-order chi connectivity index (χ1) is 13.0. The van der Waals surface area contributed by atoms with Gasteiger partial charge in [0.1, 0.15) is 0 Å². The van der Waals surface area contributed by atoms with Crippen molar-refractivity contribution in [2.75, 3.05) is 13.2 Å². The van der Waals surface area contributed by atoms with E-state index in [4.69, 9.17) is 4.74 Å². The van der Waals surface area contributed by atoms with E-state index in [9.17, 15) is 24.5 Å². The van der Waals surface area contributed by atoms with Gasteiger partial charge >= 0.3 is 11.7 Å². The first-order valence-corrected chi connectivity index (χ1v) is 7.63. The number of nitrogens with one attached hydrogen (secondary N) is 2. The number of esters is 1. The zero-order valence-corrected chi connectivity index (χ0v) is 13.9. The Bertz CT molecular complexity index is 839. The second-order valence-electron chi connectivity index (χ2n) is 5.04. The van der Waals surface area contributed by atoms with Gasteiger partial charge in [0.05, 0.1) is 4.92 Å². The van der Waals surface area contributed by atoms with Gasteiger partial charge in [-0.3, -0.25) is 30.6 Å². The average molecular weight is 373 g/mol. The molecular weight excluding hydrogens is 358 g/mol. The van der Waals surface area contributed by atoms with Crippen LogP contribution < -0.4 is 15.6 Å². The number of nitro groups is 1. The van der Waals surface area contributed by atoms with Crippen molar-refractivity contribution in [3.8, 4) is 5.75 Å². The van der Waals surface area contributed by atoms with Crippen molar-refractivity contribution in [2.24, 2.45) is 0 Å². The number of rotatable bonds is 7. The molecule has 2 aromatic rings. The zero-order chi connectivity index (χ0) is 19.6. The molecule has 0 saturated carbocycles. The van der Waals surface area contributed by atoms with Crippen LogP contribution in [0.1, 0.15) is 10.4 Å². The quantitative estimate of drug-likeness (QED) is 0.419. The minimum Gasteiger partial charge on any atom is -0.475 e. The smallest absolute Gasteiger partial charge is 0.344 e. The number of hydrazine groups is 1. The average Bonchev–Trinajstić information content (AvgIpc) is 2.69. The molecule has 0 aliphatic rings. The van der Waals surface area contributed by atoms with Crippen molar-refractivity contribution in [1.82, 2.24) is 10.9 Å². The second-order valence-corrected chi connectivity index (χ2v) is 5.04. The molecule has 2 aromatic carbocycles. The van der Waals surface area contributed by atoms with Gasteiger partial charge in [-0.15, -0.1) is 0 Å². The van der Waals surface area contributed by atoms with Gasteiger partial charge in [0.2, 0.25) is 0 Å². The summed E-state index contributed by atoms with van der Waals surface area (Å²) in [6, 6.07) is 13.7. The van der Waals surface area contributed by atoms with Crippen LogP contribution in [0.2, 0.25) is 0 Å². The van der Waals surface area contributed by atoms with E-state index in [1.807, 2.05) is 0 Å². The fraction of sp³-hybridized carbons (Fsp3) is 0.118. The summed E-state index contributed by atoms with van der Waals surface area (Å²) in [5.74, 6) is -2.30. The number of hydrogen-bond acceptors (Lipinski definition) is 7. The van der Waals surface area contributed by atoms with Gasteiger partial charge in [-0.1, -0.05) is 30.3 Å². The summed E-state index contributed by atoms with van der Waals surface area (Å²) in [5.41, 5.74) is 4.29. The van der Waals surface area contributed by atoms with Gasteiger partial charge in [-0.25, -0.2) is 4.79 Å². The molecular formula is C17H15N3O7. The summed E-state index contributed by atoms with van der Waals surface area (Å²) in [6.07, 6.45) is 0. The van der Waals surface area contributed by atoms with Gasteiger partial charge in [-0.05, 0) is 18.2 Å². The summed E-state index contributed by atoms with van der Waals surface area (Å²) < 4.78 is 9.70. The maximum absolute atomic E-state index is 11.7. The number of carbonyl (C=O) groups excluding carboxylic acids is 3. The maximum atomic E-state index is 11.7. The lowest BCUT2D eigenvalue weighted by Crippen LogP contribution is -2.43. The summed E-state index contributed by atoms with van der Waals surface area (Å²) in [4.78, 5) is 45.1. The second kappa shape index (κ2) is 9.51. The lowest BCUT2D eigenvalue weighted by Gasteiger charge is -2.09. The summed E-state index contributed by atoms with van der Waals surface area (Å²) in [5, 5.41) is 10.8. The highest BCUT2D eigenvalue weighted by molar-refractivity contribution is 5.95. The molecule has 0 unspecified atom stereocenters. The lowest BCUT2D eigenvalue weighted by atomic mass is 10.2. The fourth-order valence-electron chi connectivity index (χ4n) is 1.88. The third kappa shape index (κ3) is 6.12. The number of ether oxygens (including phenoxy) is 2. The van der Waals surface area contributed by atoms with Crippen molar-refractivity contribution in [2.45, 2.75) is 0 Å². The normalized spacial score (nSPS) is 9.78. The van der Waals surface area contributed by atoms with E-state index >= 15 is 0 Å². The van der Waals surface area contributed by atoms with Crippen LogP contribution in [0, 0.1) is 10.1 Å². The van der Waals surface area contributed by atoms with Crippen molar-refractivity contribution in [3.63, 3.8) is 0 Å². The third-order valence-electron chi connectivity index (χ3n) is 3.12. The van der Waals surface area contributed by atoms with Crippen molar-refractivity contribution in [3.05, 3.63) is 70.3 Å². The van der Waals surface area contributed by atoms with Crippen LogP contribution in [-0.4, -0.2) is 35.9 Å². The molecule has 2 N–H and O–H groups in total. The molecule has 0 saturated heterocycles. The molecule has 0 radical (unpaired) electrons. The molecule has 2 rings (SSSR count). The monoisotopic (exact) mass is 373 g/mol. The molecule has 0 heterocycles. The van der Waals surface area contributed by atoms with Crippen molar-refractivity contribution >= 4 is 23.5 Å². The highest BCUT2D eigenvalue weighted by atomic mass is 16.6. The fourth-order valence-corrected chi connectivity index (χ4v) is 1.88. The SMILES string of the molecule is O=C(COC(=O)COc1ccccc1[N+](=O)[O-])NNC(=O)c1ccccc1. The molecule has 0 aliphatic carbocycles. The van der Waals surface area contributed by atoms with E-state index in [0.717, 1.165) is 0 Å². The molecule has 10 heteroatoms. The van der Waals surface area contributed by atoms with E-state index in [1.54, 1.807) is 30.3 Å². The Labute approximate surface area is 153 Å². The molecule has 0 spiro atoms. The number of nitro benzene ring substituents is 1. The molecule has 140 valence electrons. The molecule has 27 heavy (non-hydrogen) atoms. The Morgan fingerprint density at radius 3 is 2.30 bits per heavy atom. The van der Waals surface area contributed by atoms with Crippen LogP contribution in [0.3, 0.4) is 0 Å². The van der Waals surface area contributed by atoms with Gasteiger partial charge in [0.25, 0.3) is 11.8 Å². The molecule has 0 aliphatic heterocycles. The number of hydrogen-bond donors (Lipinski definition) is 2. The highest BCUT2D eigenvalue weighted by Crippen LogP contribution is 2.25. The lowest BCUT2D eigenvalue weighted by molar-refractivity contribution is -0.385. The number of amides is 2. The minimum absolute atomic E-state index is 0.0981. The molecule has 0 aromatic heterocycles. The first kappa shape index (κ1) is 19.4. The maximum Gasteiger partial charge on any atom is 0.344 e. The Kier molecular flexibility index (Phi) is 6.83.